The lowest BCUT2D eigenvalue weighted by Crippen LogP contribution is -2.45. The van der Waals surface area contributed by atoms with E-state index in [4.69, 9.17) is 0 Å². The van der Waals surface area contributed by atoms with E-state index in [9.17, 15) is 9.59 Å². The summed E-state index contributed by atoms with van der Waals surface area (Å²) in [4.78, 5) is 29.1. The van der Waals surface area contributed by atoms with E-state index in [0.717, 1.165) is 22.5 Å². The minimum atomic E-state index is -1.19. The molecule has 126 valence electrons. The van der Waals surface area contributed by atoms with Crippen LogP contribution < -0.4 is 10.6 Å². The van der Waals surface area contributed by atoms with Crippen molar-refractivity contribution >= 4 is 17.5 Å². The number of nitrogens with zero attached hydrogens (tertiary/aromatic N) is 1. The monoisotopic (exact) mass is 325 g/mol. The minimum absolute atomic E-state index is 0.292. The van der Waals surface area contributed by atoms with E-state index >= 15 is 0 Å². The number of nitrogens with one attached hydrogen (secondary N) is 2. The van der Waals surface area contributed by atoms with Crippen molar-refractivity contribution in [2.45, 2.75) is 34.2 Å². The Labute approximate surface area is 142 Å². The Kier molecular flexibility index (Phi) is 5.34. The van der Waals surface area contributed by atoms with Gasteiger partial charge >= 0.3 is 0 Å². The summed E-state index contributed by atoms with van der Waals surface area (Å²) in [5, 5.41) is 5.62. The lowest BCUT2D eigenvalue weighted by molar-refractivity contribution is -0.138. The molecule has 1 aromatic carbocycles. The van der Waals surface area contributed by atoms with Crippen molar-refractivity contribution in [2.24, 2.45) is 5.41 Å². The maximum absolute atomic E-state index is 12.6. The number of hydrogen-bond acceptors (Lipinski definition) is 3. The Hall–Kier alpha value is -2.69. The second-order valence-electron chi connectivity index (χ2n) is 6.33. The Morgan fingerprint density at radius 2 is 1.79 bits per heavy atom. The number of rotatable bonds is 5. The molecule has 0 fully saturated rings. The summed E-state index contributed by atoms with van der Waals surface area (Å²) in [5.41, 5.74) is 2.37. The van der Waals surface area contributed by atoms with Gasteiger partial charge in [0.05, 0.1) is 12.2 Å². The minimum Gasteiger partial charge on any atom is -0.350 e. The van der Waals surface area contributed by atoms with Crippen LogP contribution in [0.2, 0.25) is 0 Å². The Morgan fingerprint density at radius 3 is 2.46 bits per heavy atom. The number of anilines is 1. The average Bonchev–Trinajstić information content (AvgIpc) is 2.57. The van der Waals surface area contributed by atoms with E-state index < -0.39 is 5.41 Å². The molecule has 2 rings (SSSR count). The molecule has 2 aromatic rings. The van der Waals surface area contributed by atoms with E-state index in [1.807, 2.05) is 50.2 Å². The third kappa shape index (κ3) is 3.98. The van der Waals surface area contributed by atoms with Gasteiger partial charge in [0.25, 0.3) is 0 Å². The molecule has 0 bridgehead atoms. The van der Waals surface area contributed by atoms with Crippen molar-refractivity contribution in [1.82, 2.24) is 10.3 Å². The second kappa shape index (κ2) is 7.25. The van der Waals surface area contributed by atoms with Crippen LogP contribution in [0.25, 0.3) is 0 Å². The molecular weight excluding hydrogens is 302 g/mol. The fourth-order valence-electron chi connectivity index (χ4n) is 2.16. The molecule has 0 saturated carbocycles. The number of carbonyl (C=O) groups is 2. The van der Waals surface area contributed by atoms with Gasteiger partial charge in [0, 0.05) is 11.9 Å². The molecule has 5 heteroatoms. The quantitative estimate of drug-likeness (QED) is 0.830. The lowest BCUT2D eigenvalue weighted by Gasteiger charge is -2.23. The zero-order valence-corrected chi connectivity index (χ0v) is 14.5. The van der Waals surface area contributed by atoms with E-state index in [1.165, 1.54) is 0 Å². The highest BCUT2D eigenvalue weighted by molar-refractivity contribution is 6.10. The van der Waals surface area contributed by atoms with Crippen LogP contribution in [0.4, 0.5) is 5.69 Å². The molecule has 0 atom stereocenters. The van der Waals surface area contributed by atoms with Crippen molar-refractivity contribution in [1.29, 1.82) is 0 Å². The van der Waals surface area contributed by atoms with E-state index in [2.05, 4.69) is 15.6 Å². The maximum Gasteiger partial charge on any atom is 0.239 e. The molecule has 5 nitrogen and oxygen atoms in total. The second-order valence-corrected chi connectivity index (χ2v) is 6.33. The lowest BCUT2D eigenvalue weighted by atomic mass is 9.90. The van der Waals surface area contributed by atoms with Crippen LogP contribution >= 0.6 is 0 Å². The molecular formula is C19H23N3O2. The summed E-state index contributed by atoms with van der Waals surface area (Å²) in [6.45, 7) is 7.44. The van der Waals surface area contributed by atoms with Gasteiger partial charge in [-0.15, -0.1) is 0 Å². The first-order chi connectivity index (χ1) is 11.3. The van der Waals surface area contributed by atoms with Crippen LogP contribution in [0.5, 0.6) is 0 Å². The van der Waals surface area contributed by atoms with Crippen molar-refractivity contribution in [3.63, 3.8) is 0 Å². The van der Waals surface area contributed by atoms with Gasteiger partial charge in [0.2, 0.25) is 11.8 Å². The molecule has 0 aliphatic carbocycles. The number of hydrogen-bond donors (Lipinski definition) is 2. The Bertz CT molecular complexity index is 740. The number of aryl methyl sites for hydroxylation is 1. The summed E-state index contributed by atoms with van der Waals surface area (Å²) in [5.74, 6) is -0.675. The fourth-order valence-corrected chi connectivity index (χ4v) is 2.16. The van der Waals surface area contributed by atoms with Crippen LogP contribution in [-0.2, 0) is 16.1 Å². The molecule has 0 aliphatic rings. The molecule has 1 aromatic heterocycles. The fraction of sp³-hybridized carbons (Fsp3) is 0.316. The van der Waals surface area contributed by atoms with E-state index in [0.29, 0.717) is 6.54 Å². The van der Waals surface area contributed by atoms with Crippen molar-refractivity contribution in [3.8, 4) is 0 Å². The van der Waals surface area contributed by atoms with Crippen LogP contribution in [0, 0.1) is 19.3 Å². The first kappa shape index (κ1) is 17.7. The summed E-state index contributed by atoms with van der Waals surface area (Å²) in [7, 11) is 0. The molecule has 1 heterocycles. The van der Waals surface area contributed by atoms with Gasteiger partial charge in [0.1, 0.15) is 5.41 Å². The smallest absolute Gasteiger partial charge is 0.239 e. The maximum atomic E-state index is 12.6. The molecule has 24 heavy (non-hydrogen) atoms. The summed E-state index contributed by atoms with van der Waals surface area (Å²) in [6, 6.07) is 11.2. The normalized spacial score (nSPS) is 11.0. The number of pyridine rings is 1. The highest BCUT2D eigenvalue weighted by Crippen LogP contribution is 2.23. The predicted molar refractivity (Wildman–Crippen MR) is 94.4 cm³/mol. The zero-order valence-electron chi connectivity index (χ0n) is 14.5. The standard InChI is InChI=1S/C19H23N3O2/c1-13-8-7-10-16(14(13)2)22-18(24)19(3,4)17(23)21-12-15-9-5-6-11-20-15/h5-11H,12H2,1-4H3,(H,21,23)(H,22,24). The molecule has 2 N–H and O–H groups in total. The summed E-state index contributed by atoms with van der Waals surface area (Å²) in [6.07, 6.45) is 1.67. The van der Waals surface area contributed by atoms with Gasteiger partial charge in [0.15, 0.2) is 0 Å². The molecule has 0 radical (unpaired) electrons. The number of amides is 2. The van der Waals surface area contributed by atoms with Crippen molar-refractivity contribution < 1.29 is 9.59 Å². The zero-order chi connectivity index (χ0) is 17.7. The molecule has 0 spiro atoms. The van der Waals surface area contributed by atoms with Crippen molar-refractivity contribution in [2.75, 3.05) is 5.32 Å². The highest BCUT2D eigenvalue weighted by Gasteiger charge is 2.36. The average molecular weight is 325 g/mol. The van der Waals surface area contributed by atoms with Gasteiger partial charge in [-0.1, -0.05) is 18.2 Å². The van der Waals surface area contributed by atoms with Crippen LogP contribution in [0.1, 0.15) is 30.7 Å². The highest BCUT2D eigenvalue weighted by atomic mass is 16.2. The topological polar surface area (TPSA) is 71.1 Å². The predicted octanol–water partition coefficient (Wildman–Crippen LogP) is 2.98. The van der Waals surface area contributed by atoms with Crippen LogP contribution in [0.3, 0.4) is 0 Å². The number of carbonyl (C=O) groups excluding carboxylic acids is 2. The van der Waals surface area contributed by atoms with Gasteiger partial charge < -0.3 is 10.6 Å². The summed E-state index contributed by atoms with van der Waals surface area (Å²) >= 11 is 0. The summed E-state index contributed by atoms with van der Waals surface area (Å²) < 4.78 is 0. The van der Waals surface area contributed by atoms with Gasteiger partial charge in [-0.3, -0.25) is 14.6 Å². The third-order valence-electron chi connectivity index (χ3n) is 4.14. The first-order valence-electron chi connectivity index (χ1n) is 7.88. The van der Waals surface area contributed by atoms with Gasteiger partial charge in [-0.25, -0.2) is 0 Å². The van der Waals surface area contributed by atoms with Crippen LogP contribution in [0.15, 0.2) is 42.6 Å². The SMILES string of the molecule is Cc1cccc(NC(=O)C(C)(C)C(=O)NCc2ccccn2)c1C. The number of benzene rings is 1. The first-order valence-corrected chi connectivity index (χ1v) is 7.88. The third-order valence-corrected chi connectivity index (χ3v) is 4.14. The molecule has 0 saturated heterocycles. The Balaban J connectivity index is 2.03. The number of aromatic nitrogens is 1. The van der Waals surface area contributed by atoms with Crippen molar-refractivity contribution in [3.05, 3.63) is 59.4 Å². The van der Waals surface area contributed by atoms with E-state index in [-0.39, 0.29) is 11.8 Å². The molecule has 0 aliphatic heterocycles. The van der Waals surface area contributed by atoms with E-state index in [1.54, 1.807) is 20.0 Å². The van der Waals surface area contributed by atoms with Crippen LogP contribution in [-0.4, -0.2) is 16.8 Å². The van der Waals surface area contributed by atoms with Gasteiger partial charge in [-0.2, -0.15) is 0 Å². The molecule has 0 unspecified atom stereocenters. The van der Waals surface area contributed by atoms with Gasteiger partial charge in [-0.05, 0) is 57.0 Å². The Morgan fingerprint density at radius 1 is 1.04 bits per heavy atom. The largest absolute Gasteiger partial charge is 0.350 e. The molecule has 2 amide bonds.